The Morgan fingerprint density at radius 3 is 2.61 bits per heavy atom. The number of carbonyl (C=O) groups is 2. The molecule has 2 amide bonds. The van der Waals surface area contributed by atoms with Crippen molar-refractivity contribution < 1.29 is 14.7 Å². The minimum absolute atomic E-state index is 0.0197. The van der Waals surface area contributed by atoms with Crippen molar-refractivity contribution in [3.05, 3.63) is 71.9 Å². The van der Waals surface area contributed by atoms with Crippen LogP contribution in [0, 0.1) is 5.92 Å². The molecule has 6 nitrogen and oxygen atoms in total. The molecule has 0 bridgehead atoms. The number of piperidine rings is 1. The summed E-state index contributed by atoms with van der Waals surface area (Å²) in [5, 5.41) is 13.7. The normalized spacial score (nSPS) is 19.5. The molecule has 2 heterocycles. The predicted octanol–water partition coefficient (Wildman–Crippen LogP) is 2.42. The number of likely N-dealkylation sites (tertiary alicyclic amines) is 1. The molecule has 3 N–H and O–H groups in total. The number of para-hydroxylation sites is 1. The van der Waals surface area contributed by atoms with Crippen molar-refractivity contribution in [3.8, 4) is 0 Å². The van der Waals surface area contributed by atoms with Crippen LogP contribution >= 0.6 is 0 Å². The van der Waals surface area contributed by atoms with Crippen LogP contribution in [0.25, 0.3) is 10.9 Å². The van der Waals surface area contributed by atoms with Crippen molar-refractivity contribution in [3.63, 3.8) is 0 Å². The number of nitrogens with zero attached hydrogens (tertiary/aromatic N) is 1. The Balaban J connectivity index is 1.50. The van der Waals surface area contributed by atoms with Crippen molar-refractivity contribution in [2.24, 2.45) is 5.92 Å². The molecule has 2 aromatic carbocycles. The molecule has 0 radical (unpaired) electrons. The van der Waals surface area contributed by atoms with E-state index in [9.17, 15) is 14.7 Å². The summed E-state index contributed by atoms with van der Waals surface area (Å²) in [5.74, 6) is -0.352. The van der Waals surface area contributed by atoms with Crippen LogP contribution in [0.5, 0.6) is 0 Å². The number of fused-ring (bicyclic) bond motifs is 1. The maximum absolute atomic E-state index is 13.0. The van der Waals surface area contributed by atoms with E-state index < -0.39 is 0 Å². The van der Waals surface area contributed by atoms with Gasteiger partial charge in [0.15, 0.2) is 0 Å². The van der Waals surface area contributed by atoms with Gasteiger partial charge in [0.1, 0.15) is 5.69 Å². The molecule has 1 saturated heterocycles. The number of H-pyrrole nitrogens is 1. The van der Waals surface area contributed by atoms with Crippen LogP contribution in [-0.4, -0.2) is 52.5 Å². The molecule has 0 aliphatic carbocycles. The van der Waals surface area contributed by atoms with Gasteiger partial charge in [-0.05, 0) is 30.7 Å². The van der Waals surface area contributed by atoms with Gasteiger partial charge in [0.2, 0.25) is 0 Å². The van der Waals surface area contributed by atoms with E-state index in [0.29, 0.717) is 30.8 Å². The molecule has 1 aliphatic heterocycles. The molecule has 2 atom stereocenters. The lowest BCUT2D eigenvalue weighted by Gasteiger charge is -2.38. The largest absolute Gasteiger partial charge is 0.396 e. The fraction of sp³-hybridized carbons (Fsp3) is 0.273. The van der Waals surface area contributed by atoms with Crippen molar-refractivity contribution in [2.45, 2.75) is 12.5 Å². The Labute approximate surface area is 163 Å². The number of rotatable bonds is 4. The molecule has 4 rings (SSSR count). The minimum Gasteiger partial charge on any atom is -0.396 e. The molecular formula is C22H23N3O3. The quantitative estimate of drug-likeness (QED) is 0.653. The molecule has 0 saturated carbocycles. The van der Waals surface area contributed by atoms with Crippen molar-refractivity contribution in [1.29, 1.82) is 0 Å². The van der Waals surface area contributed by atoms with Gasteiger partial charge in [-0.15, -0.1) is 0 Å². The Bertz CT molecular complexity index is 950. The average molecular weight is 377 g/mol. The fourth-order valence-corrected chi connectivity index (χ4v) is 3.77. The van der Waals surface area contributed by atoms with E-state index in [4.69, 9.17) is 0 Å². The van der Waals surface area contributed by atoms with Gasteiger partial charge in [0.25, 0.3) is 11.8 Å². The topological polar surface area (TPSA) is 85.4 Å². The van der Waals surface area contributed by atoms with E-state index in [-0.39, 0.29) is 30.4 Å². The lowest BCUT2D eigenvalue weighted by molar-refractivity contribution is 0.0537. The first-order chi connectivity index (χ1) is 13.7. The van der Waals surface area contributed by atoms with Gasteiger partial charge in [0, 0.05) is 42.1 Å². The summed E-state index contributed by atoms with van der Waals surface area (Å²) >= 11 is 0. The van der Waals surface area contributed by atoms with Crippen LogP contribution in [0.2, 0.25) is 0 Å². The van der Waals surface area contributed by atoms with Crippen LogP contribution < -0.4 is 5.32 Å². The number of aliphatic hydroxyl groups is 1. The highest BCUT2D eigenvalue weighted by atomic mass is 16.3. The lowest BCUT2D eigenvalue weighted by Crippen LogP contribution is -2.55. The van der Waals surface area contributed by atoms with Gasteiger partial charge in [-0.2, -0.15) is 0 Å². The Hall–Kier alpha value is -3.12. The molecule has 0 spiro atoms. The second-order valence-corrected chi connectivity index (χ2v) is 7.20. The van der Waals surface area contributed by atoms with Crippen LogP contribution in [0.1, 0.15) is 27.3 Å². The molecule has 1 aromatic heterocycles. The third kappa shape index (κ3) is 3.64. The minimum atomic E-state index is -0.292. The number of hydrogen-bond acceptors (Lipinski definition) is 3. The third-order valence-electron chi connectivity index (χ3n) is 5.39. The van der Waals surface area contributed by atoms with E-state index in [0.717, 1.165) is 10.9 Å². The Morgan fingerprint density at radius 2 is 1.86 bits per heavy atom. The van der Waals surface area contributed by atoms with E-state index in [1.54, 1.807) is 17.0 Å². The molecule has 6 heteroatoms. The number of hydrogen-bond donors (Lipinski definition) is 3. The number of amides is 2. The van der Waals surface area contributed by atoms with Gasteiger partial charge in [-0.3, -0.25) is 9.59 Å². The van der Waals surface area contributed by atoms with Crippen molar-refractivity contribution >= 4 is 22.7 Å². The second-order valence-electron chi connectivity index (χ2n) is 7.20. The Morgan fingerprint density at radius 1 is 1.11 bits per heavy atom. The number of aliphatic hydroxyl groups excluding tert-OH is 1. The van der Waals surface area contributed by atoms with Gasteiger partial charge in [-0.25, -0.2) is 0 Å². The molecule has 0 unspecified atom stereocenters. The molecule has 3 aromatic rings. The summed E-state index contributed by atoms with van der Waals surface area (Å²) in [6.07, 6.45) is 0.641. The van der Waals surface area contributed by atoms with E-state index >= 15 is 0 Å². The number of aromatic nitrogens is 1. The molecule has 1 aliphatic rings. The predicted molar refractivity (Wildman–Crippen MR) is 107 cm³/mol. The zero-order chi connectivity index (χ0) is 19.5. The molecule has 28 heavy (non-hydrogen) atoms. The fourth-order valence-electron chi connectivity index (χ4n) is 3.77. The summed E-state index contributed by atoms with van der Waals surface area (Å²) in [7, 11) is 0. The zero-order valence-electron chi connectivity index (χ0n) is 15.5. The van der Waals surface area contributed by atoms with Crippen LogP contribution in [-0.2, 0) is 0 Å². The van der Waals surface area contributed by atoms with Gasteiger partial charge in [0.05, 0.1) is 6.04 Å². The zero-order valence-corrected chi connectivity index (χ0v) is 15.5. The number of nitrogens with one attached hydrogen (secondary N) is 2. The summed E-state index contributed by atoms with van der Waals surface area (Å²) < 4.78 is 0. The highest BCUT2D eigenvalue weighted by Gasteiger charge is 2.33. The highest BCUT2D eigenvalue weighted by molar-refractivity contribution is 5.98. The second kappa shape index (κ2) is 7.86. The smallest absolute Gasteiger partial charge is 0.270 e. The van der Waals surface area contributed by atoms with Crippen LogP contribution in [0.15, 0.2) is 60.7 Å². The summed E-state index contributed by atoms with van der Waals surface area (Å²) in [6, 6.07) is 18.3. The van der Waals surface area contributed by atoms with Crippen LogP contribution in [0.3, 0.4) is 0 Å². The average Bonchev–Trinajstić information content (AvgIpc) is 3.18. The SMILES string of the molecule is O=C(N[C@@H]1CN(C(=O)c2cc3ccccc3[nH]2)CC[C@@H]1CO)c1ccccc1. The first-order valence-electron chi connectivity index (χ1n) is 9.49. The van der Waals surface area contributed by atoms with E-state index in [1.807, 2.05) is 48.5 Å². The molecule has 144 valence electrons. The number of benzene rings is 2. The summed E-state index contributed by atoms with van der Waals surface area (Å²) in [6.45, 7) is 0.906. The van der Waals surface area contributed by atoms with Crippen LogP contribution in [0.4, 0.5) is 0 Å². The van der Waals surface area contributed by atoms with Gasteiger partial charge >= 0.3 is 0 Å². The maximum Gasteiger partial charge on any atom is 0.270 e. The third-order valence-corrected chi connectivity index (χ3v) is 5.39. The number of aromatic amines is 1. The van der Waals surface area contributed by atoms with Crippen molar-refractivity contribution in [1.82, 2.24) is 15.2 Å². The number of carbonyl (C=O) groups excluding carboxylic acids is 2. The summed E-state index contributed by atoms with van der Waals surface area (Å²) in [4.78, 5) is 30.4. The Kier molecular flexibility index (Phi) is 5.12. The first-order valence-corrected chi connectivity index (χ1v) is 9.49. The molecule has 1 fully saturated rings. The summed E-state index contributed by atoms with van der Waals surface area (Å²) in [5.41, 5.74) is 2.03. The van der Waals surface area contributed by atoms with Crippen molar-refractivity contribution in [2.75, 3.05) is 19.7 Å². The monoisotopic (exact) mass is 377 g/mol. The molecular weight excluding hydrogens is 354 g/mol. The van der Waals surface area contributed by atoms with Gasteiger partial charge < -0.3 is 20.3 Å². The lowest BCUT2D eigenvalue weighted by atomic mass is 9.91. The maximum atomic E-state index is 13.0. The standard InChI is InChI=1S/C22H23N3O3/c26-14-17-10-11-25(13-20(17)24-21(27)15-6-2-1-3-7-15)22(28)19-12-16-8-4-5-9-18(16)23-19/h1-9,12,17,20,23,26H,10-11,13-14H2,(H,24,27)/t17-,20-/m1/s1. The van der Waals surface area contributed by atoms with Gasteiger partial charge in [-0.1, -0.05) is 36.4 Å². The highest BCUT2D eigenvalue weighted by Crippen LogP contribution is 2.22. The van der Waals surface area contributed by atoms with E-state index in [1.165, 1.54) is 0 Å². The van der Waals surface area contributed by atoms with E-state index in [2.05, 4.69) is 10.3 Å². The first kappa shape index (κ1) is 18.3.